The molecule has 0 aromatic carbocycles. The lowest BCUT2D eigenvalue weighted by Crippen LogP contribution is -2.26. The summed E-state index contributed by atoms with van der Waals surface area (Å²) in [4.78, 5) is 22.0. The van der Waals surface area contributed by atoms with E-state index in [1.165, 1.54) is 6.92 Å². The molecule has 0 aromatic heterocycles. The van der Waals surface area contributed by atoms with Crippen LogP contribution in [0.4, 0.5) is 0 Å². The van der Waals surface area contributed by atoms with Gasteiger partial charge in [0.25, 0.3) is 0 Å². The fourth-order valence-corrected chi connectivity index (χ4v) is 2.07. The summed E-state index contributed by atoms with van der Waals surface area (Å²) < 4.78 is 4.88. The summed E-state index contributed by atoms with van der Waals surface area (Å²) in [6.07, 6.45) is 2.42. The zero-order valence-electron chi connectivity index (χ0n) is 9.13. The molecule has 1 unspecified atom stereocenters. The van der Waals surface area contributed by atoms with Crippen molar-refractivity contribution in [1.82, 2.24) is 0 Å². The largest absolute Gasteiger partial charge is 0.466 e. The highest BCUT2D eigenvalue weighted by molar-refractivity contribution is 5.86. The third-order valence-electron chi connectivity index (χ3n) is 3.23. The Hall–Kier alpha value is -0.860. The molecule has 1 fully saturated rings. The zero-order valence-corrected chi connectivity index (χ0v) is 9.13. The molecular weight excluding hydrogens is 180 g/mol. The van der Waals surface area contributed by atoms with Crippen LogP contribution in [0.3, 0.4) is 0 Å². The molecule has 1 aliphatic carbocycles. The fourth-order valence-electron chi connectivity index (χ4n) is 2.07. The van der Waals surface area contributed by atoms with E-state index in [4.69, 9.17) is 4.74 Å². The van der Waals surface area contributed by atoms with Gasteiger partial charge in [0.1, 0.15) is 5.78 Å². The molecule has 0 amide bonds. The van der Waals surface area contributed by atoms with E-state index in [1.807, 2.05) is 13.8 Å². The minimum absolute atomic E-state index is 0.222. The maximum atomic E-state index is 11.5. The number of rotatable bonds is 3. The van der Waals surface area contributed by atoms with Crippen molar-refractivity contribution < 1.29 is 14.3 Å². The molecule has 3 heteroatoms. The van der Waals surface area contributed by atoms with Crippen molar-refractivity contribution in [2.45, 2.75) is 40.0 Å². The highest BCUT2D eigenvalue weighted by Gasteiger charge is 2.41. The summed E-state index contributed by atoms with van der Waals surface area (Å²) >= 11 is 0. The second-order valence-corrected chi connectivity index (χ2v) is 4.51. The van der Waals surface area contributed by atoms with Gasteiger partial charge in [-0.05, 0) is 18.8 Å². The average molecular weight is 198 g/mol. The van der Waals surface area contributed by atoms with E-state index in [0.29, 0.717) is 24.7 Å². The van der Waals surface area contributed by atoms with Crippen LogP contribution in [0.2, 0.25) is 0 Å². The van der Waals surface area contributed by atoms with Gasteiger partial charge in [-0.25, -0.2) is 0 Å². The van der Waals surface area contributed by atoms with Crippen LogP contribution in [0.5, 0.6) is 0 Å². The molecule has 1 saturated carbocycles. The molecule has 1 rings (SSSR count). The molecule has 0 heterocycles. The molecule has 0 aromatic rings. The molecule has 0 saturated heterocycles. The lowest BCUT2D eigenvalue weighted by molar-refractivity contribution is -0.141. The number of ketones is 1. The van der Waals surface area contributed by atoms with Gasteiger partial charge in [-0.3, -0.25) is 9.59 Å². The van der Waals surface area contributed by atoms with Gasteiger partial charge < -0.3 is 4.74 Å². The first kappa shape index (κ1) is 11.2. The van der Waals surface area contributed by atoms with E-state index in [9.17, 15) is 9.59 Å². The average Bonchev–Trinajstić information content (AvgIpc) is 2.30. The van der Waals surface area contributed by atoms with Crippen molar-refractivity contribution in [3.8, 4) is 0 Å². The van der Waals surface area contributed by atoms with E-state index in [-0.39, 0.29) is 11.4 Å². The van der Waals surface area contributed by atoms with Crippen LogP contribution < -0.4 is 0 Å². The number of ether oxygens (including phenoxy) is 1. The van der Waals surface area contributed by atoms with Gasteiger partial charge in [-0.2, -0.15) is 0 Å². The number of Topliss-reactive ketones (excluding diaryl/α,β-unsaturated/α-hetero) is 1. The van der Waals surface area contributed by atoms with Gasteiger partial charge >= 0.3 is 5.97 Å². The van der Waals surface area contributed by atoms with Crippen molar-refractivity contribution in [3.63, 3.8) is 0 Å². The Morgan fingerprint density at radius 3 is 2.64 bits per heavy atom. The standard InChI is InChI=1S/C11H18O3/c1-8(12)14-7-6-9-4-5-10(13)11(9,2)3/h9H,4-7H2,1-3H3. The van der Waals surface area contributed by atoms with Crippen molar-refractivity contribution in [2.24, 2.45) is 11.3 Å². The van der Waals surface area contributed by atoms with E-state index in [0.717, 1.165) is 12.8 Å². The summed E-state index contributed by atoms with van der Waals surface area (Å²) in [6, 6.07) is 0. The van der Waals surface area contributed by atoms with Gasteiger partial charge in [-0.15, -0.1) is 0 Å². The van der Waals surface area contributed by atoms with Crippen LogP contribution in [0.1, 0.15) is 40.0 Å². The van der Waals surface area contributed by atoms with Crippen LogP contribution in [-0.2, 0) is 14.3 Å². The van der Waals surface area contributed by atoms with Crippen molar-refractivity contribution >= 4 is 11.8 Å². The minimum Gasteiger partial charge on any atom is -0.466 e. The van der Waals surface area contributed by atoms with Crippen molar-refractivity contribution in [1.29, 1.82) is 0 Å². The van der Waals surface area contributed by atoms with E-state index in [2.05, 4.69) is 0 Å². The second kappa shape index (κ2) is 4.11. The number of hydrogen-bond acceptors (Lipinski definition) is 3. The maximum Gasteiger partial charge on any atom is 0.302 e. The summed E-state index contributed by atoms with van der Waals surface area (Å²) in [5.41, 5.74) is -0.222. The lowest BCUT2D eigenvalue weighted by Gasteiger charge is -2.24. The van der Waals surface area contributed by atoms with Crippen LogP contribution in [0, 0.1) is 11.3 Å². The molecule has 0 N–H and O–H groups in total. The number of carbonyl (C=O) groups excluding carboxylic acids is 2. The summed E-state index contributed by atoms with van der Waals surface area (Å²) in [6.45, 7) is 5.82. The Morgan fingerprint density at radius 1 is 1.57 bits per heavy atom. The van der Waals surface area contributed by atoms with Gasteiger partial charge in [0.2, 0.25) is 0 Å². The number of carbonyl (C=O) groups is 2. The zero-order chi connectivity index (χ0) is 10.8. The van der Waals surface area contributed by atoms with Gasteiger partial charge in [0.15, 0.2) is 0 Å². The molecule has 1 atom stereocenters. The minimum atomic E-state index is -0.243. The van der Waals surface area contributed by atoms with Crippen LogP contribution in [0.25, 0.3) is 0 Å². The van der Waals surface area contributed by atoms with Gasteiger partial charge in [0, 0.05) is 18.8 Å². The van der Waals surface area contributed by atoms with E-state index < -0.39 is 0 Å². The summed E-state index contributed by atoms with van der Waals surface area (Å²) in [7, 11) is 0. The van der Waals surface area contributed by atoms with Gasteiger partial charge in [0.05, 0.1) is 6.61 Å². The number of hydrogen-bond donors (Lipinski definition) is 0. The van der Waals surface area contributed by atoms with Crippen molar-refractivity contribution in [2.75, 3.05) is 6.61 Å². The Labute approximate surface area is 84.8 Å². The first-order valence-electron chi connectivity index (χ1n) is 5.11. The quantitative estimate of drug-likeness (QED) is 0.651. The predicted octanol–water partition coefficient (Wildman–Crippen LogP) is 1.94. The van der Waals surface area contributed by atoms with Gasteiger partial charge in [-0.1, -0.05) is 13.8 Å². The smallest absolute Gasteiger partial charge is 0.302 e. The normalized spacial score (nSPS) is 25.1. The Morgan fingerprint density at radius 2 is 2.21 bits per heavy atom. The first-order chi connectivity index (χ1) is 6.44. The Balaban J connectivity index is 2.39. The van der Waals surface area contributed by atoms with Crippen LogP contribution >= 0.6 is 0 Å². The van der Waals surface area contributed by atoms with E-state index in [1.54, 1.807) is 0 Å². The van der Waals surface area contributed by atoms with E-state index >= 15 is 0 Å². The van der Waals surface area contributed by atoms with Crippen molar-refractivity contribution in [3.05, 3.63) is 0 Å². The molecule has 0 aliphatic heterocycles. The molecule has 80 valence electrons. The SMILES string of the molecule is CC(=O)OCCC1CCC(=O)C1(C)C. The molecule has 14 heavy (non-hydrogen) atoms. The monoisotopic (exact) mass is 198 g/mol. The molecule has 1 aliphatic rings. The molecule has 0 spiro atoms. The fraction of sp³-hybridized carbons (Fsp3) is 0.818. The molecule has 3 nitrogen and oxygen atoms in total. The topological polar surface area (TPSA) is 43.4 Å². The van der Waals surface area contributed by atoms with Crippen LogP contribution in [-0.4, -0.2) is 18.4 Å². The predicted molar refractivity (Wildman–Crippen MR) is 52.8 cm³/mol. The molecule has 0 radical (unpaired) electrons. The second-order valence-electron chi connectivity index (χ2n) is 4.51. The lowest BCUT2D eigenvalue weighted by atomic mass is 9.79. The third kappa shape index (κ3) is 2.34. The Kier molecular flexibility index (Phi) is 3.29. The molecule has 0 bridgehead atoms. The highest BCUT2D eigenvalue weighted by Crippen LogP contribution is 2.41. The Bertz CT molecular complexity index is 243. The molecular formula is C11H18O3. The highest BCUT2D eigenvalue weighted by atomic mass is 16.5. The summed E-state index contributed by atoms with van der Waals surface area (Å²) in [5, 5.41) is 0. The maximum absolute atomic E-state index is 11.5. The first-order valence-corrected chi connectivity index (χ1v) is 5.11. The summed E-state index contributed by atoms with van der Waals surface area (Å²) in [5.74, 6) is 0.465. The number of esters is 1. The van der Waals surface area contributed by atoms with Crippen LogP contribution in [0.15, 0.2) is 0 Å². The third-order valence-corrected chi connectivity index (χ3v) is 3.23.